The third-order valence-electron chi connectivity index (χ3n) is 2.63. The molecule has 0 aromatic heterocycles. The molecule has 3 heteroatoms. The molecular formula is C12H17Br2N. The lowest BCUT2D eigenvalue weighted by molar-refractivity contribution is 0.433. The third kappa shape index (κ3) is 3.89. The predicted octanol–water partition coefficient (Wildman–Crippen LogP) is 4.65. The second-order valence-corrected chi connectivity index (χ2v) is 5.83. The van der Waals surface area contributed by atoms with Gasteiger partial charge in [-0.15, -0.1) is 0 Å². The average molecular weight is 335 g/mol. The molecule has 0 heterocycles. The Hall–Kier alpha value is 0.140. The molecule has 15 heavy (non-hydrogen) atoms. The first-order valence-corrected chi connectivity index (χ1v) is 6.84. The number of nitrogens with two attached hydrogens (primary N) is 1. The number of benzene rings is 1. The average Bonchev–Trinajstić information content (AvgIpc) is 2.15. The topological polar surface area (TPSA) is 26.0 Å². The molecule has 0 radical (unpaired) electrons. The Morgan fingerprint density at radius 1 is 1.20 bits per heavy atom. The first-order chi connectivity index (χ1) is 7.04. The molecule has 0 bridgehead atoms. The van der Waals surface area contributed by atoms with E-state index in [2.05, 4.69) is 57.8 Å². The molecule has 2 N–H and O–H groups in total. The molecule has 1 rings (SSSR count). The van der Waals surface area contributed by atoms with Crippen molar-refractivity contribution in [3.05, 3.63) is 32.7 Å². The Kier molecular flexibility index (Phi) is 5.30. The zero-order chi connectivity index (χ0) is 11.4. The summed E-state index contributed by atoms with van der Waals surface area (Å²) in [6, 6.07) is 6.35. The molecule has 2 unspecified atom stereocenters. The maximum atomic E-state index is 6.22. The molecule has 0 amide bonds. The summed E-state index contributed by atoms with van der Waals surface area (Å²) >= 11 is 6.97. The normalized spacial score (nSPS) is 15.0. The minimum atomic E-state index is 0.124. The van der Waals surface area contributed by atoms with E-state index in [0.717, 1.165) is 8.95 Å². The zero-order valence-electron chi connectivity index (χ0n) is 9.13. The second-order valence-electron chi connectivity index (χ2n) is 3.99. The van der Waals surface area contributed by atoms with Crippen molar-refractivity contribution in [2.75, 3.05) is 0 Å². The van der Waals surface area contributed by atoms with Crippen LogP contribution in [0.3, 0.4) is 0 Å². The molecule has 0 aliphatic heterocycles. The predicted molar refractivity (Wildman–Crippen MR) is 72.8 cm³/mol. The van der Waals surface area contributed by atoms with Crippen molar-refractivity contribution < 1.29 is 0 Å². The van der Waals surface area contributed by atoms with Gasteiger partial charge in [0.15, 0.2) is 0 Å². The summed E-state index contributed by atoms with van der Waals surface area (Å²) < 4.78 is 2.15. The SMILES string of the molecule is CCCC(C)C(N)c1cc(Br)cc(Br)c1. The van der Waals surface area contributed by atoms with Gasteiger partial charge >= 0.3 is 0 Å². The van der Waals surface area contributed by atoms with Crippen LogP contribution in [0, 0.1) is 5.92 Å². The van der Waals surface area contributed by atoms with Gasteiger partial charge < -0.3 is 5.73 Å². The summed E-state index contributed by atoms with van der Waals surface area (Å²) in [5.74, 6) is 0.524. The van der Waals surface area contributed by atoms with Crippen LogP contribution >= 0.6 is 31.9 Å². The van der Waals surface area contributed by atoms with Gasteiger partial charge in [-0.2, -0.15) is 0 Å². The molecule has 0 fully saturated rings. The van der Waals surface area contributed by atoms with Gasteiger partial charge in [-0.3, -0.25) is 0 Å². The van der Waals surface area contributed by atoms with Crippen LogP contribution in [0.25, 0.3) is 0 Å². The standard InChI is InChI=1S/C12H17Br2N/c1-3-4-8(2)12(15)9-5-10(13)7-11(14)6-9/h5-8,12H,3-4,15H2,1-2H3. The van der Waals surface area contributed by atoms with Crippen LogP contribution in [-0.4, -0.2) is 0 Å². The molecule has 1 nitrogen and oxygen atoms in total. The summed E-state index contributed by atoms with van der Waals surface area (Å²) in [5.41, 5.74) is 7.41. The van der Waals surface area contributed by atoms with Gasteiger partial charge in [0.1, 0.15) is 0 Å². The largest absolute Gasteiger partial charge is 0.324 e. The Bertz CT molecular complexity index is 305. The Morgan fingerprint density at radius 2 is 1.73 bits per heavy atom. The third-order valence-corrected chi connectivity index (χ3v) is 3.54. The van der Waals surface area contributed by atoms with Crippen molar-refractivity contribution in [1.29, 1.82) is 0 Å². The Labute approximate surface area is 109 Å². The first-order valence-electron chi connectivity index (χ1n) is 5.26. The quantitative estimate of drug-likeness (QED) is 0.852. The minimum Gasteiger partial charge on any atom is -0.324 e. The fourth-order valence-electron chi connectivity index (χ4n) is 1.73. The van der Waals surface area contributed by atoms with Gasteiger partial charge in [0, 0.05) is 15.0 Å². The smallest absolute Gasteiger partial charge is 0.0321 e. The fraction of sp³-hybridized carbons (Fsp3) is 0.500. The highest BCUT2D eigenvalue weighted by molar-refractivity contribution is 9.11. The van der Waals surface area contributed by atoms with Gasteiger partial charge in [-0.05, 0) is 36.1 Å². The van der Waals surface area contributed by atoms with Gasteiger partial charge in [-0.25, -0.2) is 0 Å². The van der Waals surface area contributed by atoms with Gasteiger partial charge in [0.05, 0.1) is 0 Å². The van der Waals surface area contributed by atoms with Crippen molar-refractivity contribution in [2.24, 2.45) is 11.7 Å². The molecule has 0 saturated heterocycles. The highest BCUT2D eigenvalue weighted by Gasteiger charge is 2.14. The molecule has 0 aliphatic carbocycles. The molecule has 0 aliphatic rings. The van der Waals surface area contributed by atoms with Gasteiger partial charge in [-0.1, -0.05) is 52.1 Å². The van der Waals surface area contributed by atoms with Crippen molar-refractivity contribution in [2.45, 2.75) is 32.7 Å². The van der Waals surface area contributed by atoms with Crippen molar-refractivity contribution >= 4 is 31.9 Å². The van der Waals surface area contributed by atoms with E-state index in [9.17, 15) is 0 Å². The maximum absolute atomic E-state index is 6.22. The number of hydrogen-bond acceptors (Lipinski definition) is 1. The van der Waals surface area contributed by atoms with E-state index in [4.69, 9.17) is 5.73 Å². The molecule has 1 aromatic rings. The molecular weight excluding hydrogens is 318 g/mol. The highest BCUT2D eigenvalue weighted by atomic mass is 79.9. The Morgan fingerprint density at radius 3 is 2.20 bits per heavy atom. The minimum absolute atomic E-state index is 0.124. The fourth-order valence-corrected chi connectivity index (χ4v) is 3.06. The van der Waals surface area contributed by atoms with Crippen LogP contribution in [0.2, 0.25) is 0 Å². The summed E-state index contributed by atoms with van der Waals surface area (Å²) in [7, 11) is 0. The second kappa shape index (κ2) is 6.02. The Balaban J connectivity index is 2.85. The molecule has 0 saturated carbocycles. The highest BCUT2D eigenvalue weighted by Crippen LogP contribution is 2.28. The summed E-state index contributed by atoms with van der Waals surface area (Å²) in [6.07, 6.45) is 2.36. The number of hydrogen-bond donors (Lipinski definition) is 1. The number of rotatable bonds is 4. The lowest BCUT2D eigenvalue weighted by atomic mass is 9.92. The lowest BCUT2D eigenvalue weighted by Crippen LogP contribution is -2.19. The van der Waals surface area contributed by atoms with E-state index in [0.29, 0.717) is 5.92 Å². The van der Waals surface area contributed by atoms with Crippen LogP contribution in [0.4, 0.5) is 0 Å². The summed E-state index contributed by atoms with van der Waals surface area (Å²) in [5, 5.41) is 0. The van der Waals surface area contributed by atoms with E-state index in [1.165, 1.54) is 18.4 Å². The van der Waals surface area contributed by atoms with Gasteiger partial charge in [0.2, 0.25) is 0 Å². The lowest BCUT2D eigenvalue weighted by Gasteiger charge is -2.20. The number of halogens is 2. The summed E-state index contributed by atoms with van der Waals surface area (Å²) in [4.78, 5) is 0. The molecule has 84 valence electrons. The van der Waals surface area contributed by atoms with Gasteiger partial charge in [0.25, 0.3) is 0 Å². The van der Waals surface area contributed by atoms with Crippen LogP contribution in [0.15, 0.2) is 27.1 Å². The van der Waals surface area contributed by atoms with E-state index < -0.39 is 0 Å². The summed E-state index contributed by atoms with van der Waals surface area (Å²) in [6.45, 7) is 4.41. The molecule has 2 atom stereocenters. The van der Waals surface area contributed by atoms with Crippen LogP contribution in [-0.2, 0) is 0 Å². The van der Waals surface area contributed by atoms with E-state index in [1.54, 1.807) is 0 Å². The molecule has 1 aromatic carbocycles. The maximum Gasteiger partial charge on any atom is 0.0321 e. The monoisotopic (exact) mass is 333 g/mol. The molecule has 0 spiro atoms. The van der Waals surface area contributed by atoms with Crippen LogP contribution < -0.4 is 5.73 Å². The first kappa shape index (κ1) is 13.2. The van der Waals surface area contributed by atoms with E-state index in [1.807, 2.05) is 6.07 Å². The van der Waals surface area contributed by atoms with E-state index in [-0.39, 0.29) is 6.04 Å². The van der Waals surface area contributed by atoms with E-state index >= 15 is 0 Å². The van der Waals surface area contributed by atoms with Crippen molar-refractivity contribution in [3.8, 4) is 0 Å². The van der Waals surface area contributed by atoms with Crippen molar-refractivity contribution in [1.82, 2.24) is 0 Å². The zero-order valence-corrected chi connectivity index (χ0v) is 12.3. The van der Waals surface area contributed by atoms with Crippen LogP contribution in [0.1, 0.15) is 38.3 Å². The van der Waals surface area contributed by atoms with Crippen LogP contribution in [0.5, 0.6) is 0 Å². The van der Waals surface area contributed by atoms with Crippen molar-refractivity contribution in [3.63, 3.8) is 0 Å².